The van der Waals surface area contributed by atoms with E-state index in [4.69, 9.17) is 22.1 Å². The number of rotatable bonds is 2. The van der Waals surface area contributed by atoms with E-state index in [0.717, 1.165) is 34.1 Å². The Morgan fingerprint density at radius 3 is 2.62 bits per heavy atom. The highest BCUT2D eigenvalue weighted by atomic mass is 35.5. The molecule has 3 heteroatoms. The van der Waals surface area contributed by atoms with Gasteiger partial charge >= 0.3 is 0 Å². The Hall–Kier alpha value is -1.51. The van der Waals surface area contributed by atoms with Gasteiger partial charge in [-0.05, 0) is 47.9 Å². The number of hydrogen-bond donors (Lipinski definition) is 1. The fourth-order valence-electron chi connectivity index (χ4n) is 2.87. The standard InChI is InChI=1S/C18H20ClNO/c1-11-6-13(8-14(19)7-11)17(20)12-4-5-16-15(9-12)18(2,3)10-21-16/h4-9,17H,10,20H2,1-3H3. The summed E-state index contributed by atoms with van der Waals surface area (Å²) >= 11 is 6.15. The Kier molecular flexibility index (Phi) is 3.46. The zero-order valence-electron chi connectivity index (χ0n) is 12.6. The normalized spacial score (nSPS) is 17.2. The van der Waals surface area contributed by atoms with Crippen LogP contribution in [0.15, 0.2) is 36.4 Å². The zero-order valence-corrected chi connectivity index (χ0v) is 13.4. The molecule has 2 aromatic rings. The fourth-order valence-corrected chi connectivity index (χ4v) is 3.17. The summed E-state index contributed by atoms with van der Waals surface area (Å²) in [7, 11) is 0. The van der Waals surface area contributed by atoms with E-state index in [2.05, 4.69) is 26.0 Å². The lowest BCUT2D eigenvalue weighted by atomic mass is 9.85. The van der Waals surface area contributed by atoms with E-state index in [1.807, 2.05) is 31.2 Å². The predicted octanol–water partition coefficient (Wildman–Crippen LogP) is 4.37. The van der Waals surface area contributed by atoms with Crippen LogP contribution in [-0.4, -0.2) is 6.61 Å². The van der Waals surface area contributed by atoms with Crippen molar-refractivity contribution in [2.75, 3.05) is 6.61 Å². The van der Waals surface area contributed by atoms with Gasteiger partial charge in [-0.1, -0.05) is 37.6 Å². The quantitative estimate of drug-likeness (QED) is 0.894. The van der Waals surface area contributed by atoms with Gasteiger partial charge in [-0.15, -0.1) is 0 Å². The largest absolute Gasteiger partial charge is 0.492 e. The molecule has 0 fully saturated rings. The molecule has 1 atom stereocenters. The molecule has 3 rings (SSSR count). The molecule has 1 heterocycles. The van der Waals surface area contributed by atoms with E-state index in [0.29, 0.717) is 0 Å². The van der Waals surface area contributed by atoms with Crippen LogP contribution in [0.25, 0.3) is 0 Å². The van der Waals surface area contributed by atoms with Crippen LogP contribution >= 0.6 is 11.6 Å². The van der Waals surface area contributed by atoms with Crippen LogP contribution in [0.3, 0.4) is 0 Å². The maximum Gasteiger partial charge on any atom is 0.123 e. The van der Waals surface area contributed by atoms with Gasteiger partial charge < -0.3 is 10.5 Å². The van der Waals surface area contributed by atoms with Crippen molar-refractivity contribution in [1.82, 2.24) is 0 Å². The average molecular weight is 302 g/mol. The van der Waals surface area contributed by atoms with Gasteiger partial charge in [0.05, 0.1) is 12.6 Å². The van der Waals surface area contributed by atoms with Gasteiger partial charge in [0.2, 0.25) is 0 Å². The summed E-state index contributed by atoms with van der Waals surface area (Å²) in [6.45, 7) is 7.13. The molecule has 1 aliphatic heterocycles. The molecule has 0 saturated carbocycles. The van der Waals surface area contributed by atoms with E-state index in [1.165, 1.54) is 5.56 Å². The number of ether oxygens (including phenoxy) is 1. The summed E-state index contributed by atoms with van der Waals surface area (Å²) in [6, 6.07) is 12.0. The SMILES string of the molecule is Cc1cc(Cl)cc(C(N)c2ccc3c(c2)C(C)(C)CO3)c1. The Labute approximate surface area is 130 Å². The summed E-state index contributed by atoms with van der Waals surface area (Å²) in [6.07, 6.45) is 0. The molecule has 0 bridgehead atoms. The summed E-state index contributed by atoms with van der Waals surface area (Å²) in [5.41, 5.74) is 11.0. The van der Waals surface area contributed by atoms with Crippen LogP contribution < -0.4 is 10.5 Å². The lowest BCUT2D eigenvalue weighted by Crippen LogP contribution is -2.19. The smallest absolute Gasteiger partial charge is 0.123 e. The highest BCUT2D eigenvalue weighted by Gasteiger charge is 2.32. The second-order valence-electron chi connectivity index (χ2n) is 6.47. The Balaban J connectivity index is 2.01. The molecule has 0 aromatic heterocycles. The molecule has 2 aromatic carbocycles. The maximum absolute atomic E-state index is 6.44. The lowest BCUT2D eigenvalue weighted by molar-refractivity contribution is 0.291. The van der Waals surface area contributed by atoms with E-state index in [1.54, 1.807) is 0 Å². The van der Waals surface area contributed by atoms with Crippen molar-refractivity contribution in [3.63, 3.8) is 0 Å². The van der Waals surface area contributed by atoms with Crippen LogP contribution in [0.2, 0.25) is 5.02 Å². The van der Waals surface area contributed by atoms with Crippen LogP contribution in [0, 0.1) is 6.92 Å². The molecule has 2 nitrogen and oxygen atoms in total. The predicted molar refractivity (Wildman–Crippen MR) is 87.2 cm³/mol. The minimum Gasteiger partial charge on any atom is -0.492 e. The number of aryl methyl sites for hydroxylation is 1. The first-order chi connectivity index (χ1) is 9.87. The second kappa shape index (κ2) is 5.04. The third-order valence-corrected chi connectivity index (χ3v) is 4.32. The number of nitrogens with two attached hydrogens (primary N) is 1. The van der Waals surface area contributed by atoms with Gasteiger partial charge in [0.25, 0.3) is 0 Å². The lowest BCUT2D eigenvalue weighted by Gasteiger charge is -2.19. The third kappa shape index (κ3) is 2.66. The molecule has 110 valence electrons. The average Bonchev–Trinajstić information content (AvgIpc) is 2.72. The van der Waals surface area contributed by atoms with Crippen molar-refractivity contribution < 1.29 is 4.74 Å². The Bertz CT molecular complexity index is 673. The molecule has 0 saturated heterocycles. The van der Waals surface area contributed by atoms with Gasteiger partial charge in [0, 0.05) is 16.0 Å². The molecule has 0 radical (unpaired) electrons. The van der Waals surface area contributed by atoms with Crippen LogP contribution in [0.1, 0.15) is 42.1 Å². The summed E-state index contributed by atoms with van der Waals surface area (Å²) < 4.78 is 5.73. The molecular formula is C18H20ClNO. The van der Waals surface area contributed by atoms with Crippen LogP contribution in [0.5, 0.6) is 5.75 Å². The first-order valence-electron chi connectivity index (χ1n) is 7.17. The minimum absolute atomic E-state index is 0.0370. The van der Waals surface area contributed by atoms with Gasteiger partial charge in [-0.3, -0.25) is 0 Å². The first-order valence-corrected chi connectivity index (χ1v) is 7.54. The molecule has 1 unspecified atom stereocenters. The molecular weight excluding hydrogens is 282 g/mol. The van der Waals surface area contributed by atoms with Crippen molar-refractivity contribution >= 4 is 11.6 Å². The third-order valence-electron chi connectivity index (χ3n) is 4.10. The highest BCUT2D eigenvalue weighted by molar-refractivity contribution is 6.30. The van der Waals surface area contributed by atoms with Gasteiger partial charge in [-0.25, -0.2) is 0 Å². The summed E-state index contributed by atoms with van der Waals surface area (Å²) in [5.74, 6) is 0.971. The van der Waals surface area contributed by atoms with Gasteiger partial charge in [-0.2, -0.15) is 0 Å². The van der Waals surface area contributed by atoms with E-state index in [-0.39, 0.29) is 11.5 Å². The zero-order chi connectivity index (χ0) is 15.2. The van der Waals surface area contributed by atoms with Gasteiger partial charge in [0.15, 0.2) is 0 Å². The molecule has 0 amide bonds. The first kappa shape index (κ1) is 14.4. The van der Waals surface area contributed by atoms with Crippen molar-refractivity contribution in [2.45, 2.75) is 32.2 Å². The van der Waals surface area contributed by atoms with Crippen LogP contribution in [-0.2, 0) is 5.41 Å². The number of benzene rings is 2. The number of hydrogen-bond acceptors (Lipinski definition) is 2. The summed E-state index contributed by atoms with van der Waals surface area (Å²) in [4.78, 5) is 0. The second-order valence-corrected chi connectivity index (χ2v) is 6.90. The summed E-state index contributed by atoms with van der Waals surface area (Å²) in [5, 5.41) is 0.727. The van der Waals surface area contributed by atoms with E-state index < -0.39 is 0 Å². The highest BCUT2D eigenvalue weighted by Crippen LogP contribution is 2.40. The molecule has 1 aliphatic rings. The van der Waals surface area contributed by atoms with Gasteiger partial charge in [0.1, 0.15) is 5.75 Å². The van der Waals surface area contributed by atoms with Crippen molar-refractivity contribution in [3.05, 3.63) is 63.7 Å². The van der Waals surface area contributed by atoms with Crippen molar-refractivity contribution in [3.8, 4) is 5.75 Å². The van der Waals surface area contributed by atoms with Crippen LogP contribution in [0.4, 0.5) is 0 Å². The molecule has 2 N–H and O–H groups in total. The topological polar surface area (TPSA) is 35.2 Å². The monoisotopic (exact) mass is 301 g/mol. The molecule has 0 spiro atoms. The number of fused-ring (bicyclic) bond motifs is 1. The fraction of sp³-hybridized carbons (Fsp3) is 0.333. The van der Waals surface area contributed by atoms with E-state index in [9.17, 15) is 0 Å². The maximum atomic E-state index is 6.44. The van der Waals surface area contributed by atoms with Crippen molar-refractivity contribution in [1.29, 1.82) is 0 Å². The number of halogens is 1. The van der Waals surface area contributed by atoms with E-state index >= 15 is 0 Å². The molecule has 21 heavy (non-hydrogen) atoms. The minimum atomic E-state index is -0.177. The Morgan fingerprint density at radius 2 is 1.90 bits per heavy atom. The molecule has 0 aliphatic carbocycles. The Morgan fingerprint density at radius 1 is 1.14 bits per heavy atom. The van der Waals surface area contributed by atoms with Crippen molar-refractivity contribution in [2.24, 2.45) is 5.73 Å².